The summed E-state index contributed by atoms with van der Waals surface area (Å²) in [5, 5.41) is 6.73. The van der Waals surface area contributed by atoms with Crippen LogP contribution >= 0.6 is 0 Å². The summed E-state index contributed by atoms with van der Waals surface area (Å²) in [6, 6.07) is 15.1. The fraction of sp³-hybridized carbons (Fsp3) is 0.267. The maximum atomic E-state index is 13.2. The average molecular weight is 540 g/mol. The normalized spacial score (nSPS) is 15.6. The Labute approximate surface area is 232 Å². The first-order chi connectivity index (χ1) is 19.3. The van der Waals surface area contributed by atoms with Crippen molar-refractivity contribution in [3.05, 3.63) is 83.3 Å². The molecule has 1 amide bonds. The molecule has 10 nitrogen and oxygen atoms in total. The number of rotatable bonds is 7. The number of methoxy groups -OCH3 is 1. The number of hydrogen-bond donors (Lipinski definition) is 2. The predicted octanol–water partition coefficient (Wildman–Crippen LogP) is 4.11. The van der Waals surface area contributed by atoms with Crippen LogP contribution in [0.4, 0.5) is 23.0 Å². The molecule has 0 aliphatic carbocycles. The van der Waals surface area contributed by atoms with Crippen LogP contribution in [0.3, 0.4) is 0 Å². The number of aromatic nitrogens is 3. The van der Waals surface area contributed by atoms with Gasteiger partial charge in [-0.25, -0.2) is 4.98 Å². The third-order valence-corrected chi connectivity index (χ3v) is 7.28. The summed E-state index contributed by atoms with van der Waals surface area (Å²) in [4.78, 5) is 39.0. The summed E-state index contributed by atoms with van der Waals surface area (Å²) < 4.78 is 7.23. The van der Waals surface area contributed by atoms with E-state index >= 15 is 0 Å². The standard InChI is InChI=1S/C30H33N7O3/c1-6-27(38)32-21-8-7-9-23(15-21)37-28(39)14-19(2)24-17-31-30(34-29(24)37)33-25-11-10-22(16-26(25)40-5)36-13-12-35(4)20(3)18-36/h6-11,14-17,20H,1,12-13,18H2,2-5H3,(H,32,38)(H,31,33,34). The number of ether oxygens (including phenoxy) is 1. The highest BCUT2D eigenvalue weighted by molar-refractivity contribution is 5.99. The molecule has 4 aromatic rings. The quantitative estimate of drug-likeness (QED) is 0.338. The molecule has 1 saturated heterocycles. The first-order valence-electron chi connectivity index (χ1n) is 13.1. The maximum Gasteiger partial charge on any atom is 0.257 e. The lowest BCUT2D eigenvalue weighted by molar-refractivity contribution is -0.111. The summed E-state index contributed by atoms with van der Waals surface area (Å²) in [6.45, 7) is 10.5. The minimum absolute atomic E-state index is 0.245. The van der Waals surface area contributed by atoms with Crippen molar-refractivity contribution < 1.29 is 9.53 Å². The van der Waals surface area contributed by atoms with Crippen LogP contribution in [0.25, 0.3) is 16.7 Å². The van der Waals surface area contributed by atoms with Gasteiger partial charge < -0.3 is 25.2 Å². The van der Waals surface area contributed by atoms with Gasteiger partial charge in [-0.15, -0.1) is 0 Å². The lowest BCUT2D eigenvalue weighted by Gasteiger charge is -2.39. The van der Waals surface area contributed by atoms with Gasteiger partial charge in [-0.05, 0) is 62.9 Å². The molecule has 206 valence electrons. The van der Waals surface area contributed by atoms with Gasteiger partial charge in [0.1, 0.15) is 5.75 Å². The van der Waals surface area contributed by atoms with E-state index in [1.54, 1.807) is 43.6 Å². The van der Waals surface area contributed by atoms with Crippen molar-refractivity contribution in [1.82, 2.24) is 19.4 Å². The van der Waals surface area contributed by atoms with Crippen molar-refractivity contribution in [1.29, 1.82) is 0 Å². The van der Waals surface area contributed by atoms with Crippen molar-refractivity contribution in [3.8, 4) is 11.4 Å². The Balaban J connectivity index is 1.51. The zero-order valence-corrected chi connectivity index (χ0v) is 23.1. The van der Waals surface area contributed by atoms with E-state index in [1.165, 1.54) is 10.6 Å². The molecule has 5 rings (SSSR count). The highest BCUT2D eigenvalue weighted by Crippen LogP contribution is 2.32. The summed E-state index contributed by atoms with van der Waals surface area (Å²) in [5.41, 5.74) is 3.86. The van der Waals surface area contributed by atoms with Crippen LogP contribution in [-0.2, 0) is 4.79 Å². The van der Waals surface area contributed by atoms with E-state index in [4.69, 9.17) is 9.72 Å². The molecular formula is C30H33N7O3. The zero-order chi connectivity index (χ0) is 28.4. The van der Waals surface area contributed by atoms with Crippen LogP contribution in [0.5, 0.6) is 5.75 Å². The molecular weight excluding hydrogens is 506 g/mol. The number of likely N-dealkylation sites (N-methyl/N-ethyl adjacent to an activating group) is 1. The molecule has 1 aliphatic heterocycles. The summed E-state index contributed by atoms with van der Waals surface area (Å²) >= 11 is 0. The lowest BCUT2D eigenvalue weighted by Crippen LogP contribution is -2.50. The Hall–Kier alpha value is -4.70. The van der Waals surface area contributed by atoms with Gasteiger partial charge in [0.2, 0.25) is 11.9 Å². The van der Waals surface area contributed by atoms with Gasteiger partial charge in [-0.3, -0.25) is 14.2 Å². The highest BCUT2D eigenvalue weighted by Gasteiger charge is 2.22. The van der Waals surface area contributed by atoms with Gasteiger partial charge in [0, 0.05) is 60.8 Å². The molecule has 0 radical (unpaired) electrons. The van der Waals surface area contributed by atoms with Crippen LogP contribution in [0, 0.1) is 6.92 Å². The highest BCUT2D eigenvalue weighted by atomic mass is 16.5. The molecule has 1 unspecified atom stereocenters. The van der Waals surface area contributed by atoms with Crippen LogP contribution in [0.15, 0.2) is 72.2 Å². The van der Waals surface area contributed by atoms with Crippen LogP contribution in [0.2, 0.25) is 0 Å². The van der Waals surface area contributed by atoms with E-state index in [1.807, 2.05) is 19.1 Å². The number of carbonyl (C=O) groups excluding carboxylic acids is 1. The second-order valence-electron chi connectivity index (χ2n) is 9.96. The van der Waals surface area contributed by atoms with Crippen molar-refractivity contribution in [2.75, 3.05) is 49.3 Å². The Bertz CT molecular complexity index is 1650. The van der Waals surface area contributed by atoms with Gasteiger partial charge in [-0.2, -0.15) is 4.98 Å². The Morgan fingerprint density at radius 3 is 2.73 bits per heavy atom. The number of hydrogen-bond acceptors (Lipinski definition) is 8. The maximum absolute atomic E-state index is 13.2. The molecule has 3 heterocycles. The van der Waals surface area contributed by atoms with E-state index in [0.717, 1.165) is 36.3 Å². The molecule has 1 aliphatic rings. The number of benzene rings is 2. The molecule has 1 atom stereocenters. The average Bonchev–Trinajstić information content (AvgIpc) is 2.94. The van der Waals surface area contributed by atoms with Crippen molar-refractivity contribution in [2.24, 2.45) is 0 Å². The fourth-order valence-corrected chi connectivity index (χ4v) is 4.86. The molecule has 10 heteroatoms. The third-order valence-electron chi connectivity index (χ3n) is 7.28. The molecule has 2 aromatic heterocycles. The number of anilines is 4. The number of fused-ring (bicyclic) bond motifs is 1. The molecule has 0 saturated carbocycles. The number of amides is 1. The minimum atomic E-state index is -0.339. The van der Waals surface area contributed by atoms with E-state index < -0.39 is 0 Å². The first kappa shape index (κ1) is 26.9. The Morgan fingerprint density at radius 1 is 1.15 bits per heavy atom. The van der Waals surface area contributed by atoms with E-state index in [-0.39, 0.29) is 11.5 Å². The Kier molecular flexibility index (Phi) is 7.52. The monoisotopic (exact) mass is 539 g/mol. The number of nitrogens with zero attached hydrogens (tertiary/aromatic N) is 5. The van der Waals surface area contributed by atoms with E-state index in [9.17, 15) is 9.59 Å². The summed E-state index contributed by atoms with van der Waals surface area (Å²) in [6.07, 6.45) is 2.89. The second kappa shape index (κ2) is 11.2. The predicted molar refractivity (Wildman–Crippen MR) is 159 cm³/mol. The number of aryl methyl sites for hydroxylation is 1. The van der Waals surface area contributed by atoms with Crippen molar-refractivity contribution >= 4 is 40.0 Å². The van der Waals surface area contributed by atoms with E-state index in [2.05, 4.69) is 52.0 Å². The van der Waals surface area contributed by atoms with Gasteiger partial charge in [0.25, 0.3) is 5.56 Å². The molecule has 1 fully saturated rings. The second-order valence-corrected chi connectivity index (χ2v) is 9.96. The summed E-state index contributed by atoms with van der Waals surface area (Å²) in [7, 11) is 3.79. The molecule has 2 N–H and O–H groups in total. The SMILES string of the molecule is C=CC(=O)Nc1cccc(-n2c(=O)cc(C)c3cnc(Nc4ccc(N5CCN(C)C(C)C5)cc4OC)nc32)c1. The zero-order valence-electron chi connectivity index (χ0n) is 23.1. The van der Waals surface area contributed by atoms with Crippen LogP contribution in [0.1, 0.15) is 12.5 Å². The van der Waals surface area contributed by atoms with Crippen molar-refractivity contribution in [2.45, 2.75) is 19.9 Å². The topological polar surface area (TPSA) is 105 Å². The largest absolute Gasteiger partial charge is 0.494 e. The minimum Gasteiger partial charge on any atom is -0.494 e. The smallest absolute Gasteiger partial charge is 0.257 e. The van der Waals surface area contributed by atoms with Crippen LogP contribution < -0.4 is 25.8 Å². The van der Waals surface area contributed by atoms with Gasteiger partial charge >= 0.3 is 0 Å². The van der Waals surface area contributed by atoms with Gasteiger partial charge in [0.15, 0.2) is 5.65 Å². The Morgan fingerprint density at radius 2 is 1.98 bits per heavy atom. The summed E-state index contributed by atoms with van der Waals surface area (Å²) in [5.74, 6) is 0.649. The number of piperazine rings is 1. The molecule has 0 spiro atoms. The fourth-order valence-electron chi connectivity index (χ4n) is 4.86. The van der Waals surface area contributed by atoms with Crippen LogP contribution in [-0.4, -0.2) is 65.2 Å². The molecule has 2 aromatic carbocycles. The lowest BCUT2D eigenvalue weighted by atomic mass is 10.1. The number of carbonyl (C=O) groups is 1. The first-order valence-corrected chi connectivity index (χ1v) is 13.1. The van der Waals surface area contributed by atoms with Gasteiger partial charge in [0.05, 0.1) is 18.5 Å². The number of nitrogens with one attached hydrogen (secondary N) is 2. The van der Waals surface area contributed by atoms with Crippen molar-refractivity contribution in [3.63, 3.8) is 0 Å². The van der Waals surface area contributed by atoms with E-state index in [0.29, 0.717) is 40.4 Å². The molecule has 40 heavy (non-hydrogen) atoms. The number of pyridine rings is 1. The molecule has 0 bridgehead atoms. The third kappa shape index (κ3) is 5.39. The van der Waals surface area contributed by atoms with Gasteiger partial charge in [-0.1, -0.05) is 12.6 Å².